The highest BCUT2D eigenvalue weighted by Crippen LogP contribution is 2.39. The Morgan fingerprint density at radius 1 is 1.30 bits per heavy atom. The number of nitrogens with zero attached hydrogens (tertiary/aromatic N) is 3. The van der Waals surface area contributed by atoms with E-state index >= 15 is 0 Å². The first-order chi connectivity index (χ1) is 11.2. The van der Waals surface area contributed by atoms with Crippen LogP contribution in [0.3, 0.4) is 0 Å². The third-order valence-corrected chi connectivity index (χ3v) is 4.72. The first-order valence-electron chi connectivity index (χ1n) is 8.36. The molecule has 0 radical (unpaired) electrons. The van der Waals surface area contributed by atoms with Crippen molar-refractivity contribution in [3.8, 4) is 0 Å². The SMILES string of the molecule is Cc1cccc(CCN2CC(c3nc(C4CC4)no3)CC2=O)c1. The minimum Gasteiger partial charge on any atom is -0.342 e. The van der Waals surface area contributed by atoms with Crippen molar-refractivity contribution < 1.29 is 9.32 Å². The van der Waals surface area contributed by atoms with Crippen LogP contribution in [0.4, 0.5) is 0 Å². The molecule has 2 aromatic rings. The molecule has 120 valence electrons. The zero-order valence-corrected chi connectivity index (χ0v) is 13.4. The highest BCUT2D eigenvalue weighted by molar-refractivity contribution is 5.79. The van der Waals surface area contributed by atoms with Gasteiger partial charge in [-0.15, -0.1) is 0 Å². The van der Waals surface area contributed by atoms with Gasteiger partial charge >= 0.3 is 0 Å². The van der Waals surface area contributed by atoms with Crippen molar-refractivity contribution in [1.29, 1.82) is 0 Å². The number of aromatic nitrogens is 2. The van der Waals surface area contributed by atoms with Crippen molar-refractivity contribution >= 4 is 5.91 Å². The Balaban J connectivity index is 1.37. The van der Waals surface area contributed by atoms with Crippen molar-refractivity contribution in [3.63, 3.8) is 0 Å². The first kappa shape index (κ1) is 14.4. The molecule has 1 saturated carbocycles. The van der Waals surface area contributed by atoms with Gasteiger partial charge in [0.2, 0.25) is 11.8 Å². The number of carbonyl (C=O) groups is 1. The molecular weight excluding hydrogens is 290 g/mol. The van der Waals surface area contributed by atoms with Crippen LogP contribution in [0.2, 0.25) is 0 Å². The second-order valence-electron chi connectivity index (χ2n) is 6.74. The van der Waals surface area contributed by atoms with Crippen LogP contribution in [-0.2, 0) is 11.2 Å². The summed E-state index contributed by atoms with van der Waals surface area (Å²) < 4.78 is 5.39. The molecule has 1 atom stereocenters. The topological polar surface area (TPSA) is 59.2 Å². The van der Waals surface area contributed by atoms with Gasteiger partial charge in [0.25, 0.3) is 0 Å². The normalized spacial score (nSPS) is 21.2. The maximum absolute atomic E-state index is 12.2. The molecule has 2 fully saturated rings. The van der Waals surface area contributed by atoms with Gasteiger partial charge < -0.3 is 9.42 Å². The highest BCUT2D eigenvalue weighted by atomic mass is 16.5. The van der Waals surface area contributed by atoms with Gasteiger partial charge in [0.1, 0.15) is 0 Å². The second-order valence-corrected chi connectivity index (χ2v) is 6.74. The number of aryl methyl sites for hydroxylation is 1. The van der Waals surface area contributed by atoms with E-state index in [0.717, 1.165) is 31.6 Å². The highest BCUT2D eigenvalue weighted by Gasteiger charge is 2.36. The van der Waals surface area contributed by atoms with E-state index in [9.17, 15) is 4.79 Å². The lowest BCUT2D eigenvalue weighted by molar-refractivity contribution is -0.127. The van der Waals surface area contributed by atoms with Crippen LogP contribution in [0, 0.1) is 6.92 Å². The Kier molecular flexibility index (Phi) is 3.63. The lowest BCUT2D eigenvalue weighted by Crippen LogP contribution is -2.27. The van der Waals surface area contributed by atoms with E-state index in [1.54, 1.807) is 0 Å². The van der Waals surface area contributed by atoms with Crippen LogP contribution in [0.15, 0.2) is 28.8 Å². The average Bonchev–Trinajstić information content (AvgIpc) is 3.15. The summed E-state index contributed by atoms with van der Waals surface area (Å²) in [4.78, 5) is 18.7. The van der Waals surface area contributed by atoms with Gasteiger partial charge in [0, 0.05) is 25.4 Å². The van der Waals surface area contributed by atoms with E-state index in [1.165, 1.54) is 11.1 Å². The summed E-state index contributed by atoms with van der Waals surface area (Å²) >= 11 is 0. The van der Waals surface area contributed by atoms with Crippen LogP contribution in [0.5, 0.6) is 0 Å². The number of likely N-dealkylation sites (tertiary alicyclic amines) is 1. The van der Waals surface area contributed by atoms with Gasteiger partial charge in [-0.2, -0.15) is 4.98 Å². The summed E-state index contributed by atoms with van der Waals surface area (Å²) in [6.45, 7) is 3.53. The Morgan fingerprint density at radius 3 is 2.96 bits per heavy atom. The number of hydrogen-bond donors (Lipinski definition) is 0. The quantitative estimate of drug-likeness (QED) is 0.852. The molecule has 0 bridgehead atoms. The monoisotopic (exact) mass is 311 g/mol. The second kappa shape index (κ2) is 5.80. The maximum atomic E-state index is 12.2. The number of carbonyl (C=O) groups excluding carboxylic acids is 1. The van der Waals surface area contributed by atoms with Gasteiger partial charge in [-0.05, 0) is 31.7 Å². The minimum absolute atomic E-state index is 0.0556. The molecule has 1 aliphatic heterocycles. The summed E-state index contributed by atoms with van der Waals surface area (Å²) in [7, 11) is 0. The fourth-order valence-electron chi connectivity index (χ4n) is 3.21. The Hall–Kier alpha value is -2.17. The molecule has 1 aliphatic carbocycles. The summed E-state index contributed by atoms with van der Waals surface area (Å²) in [5.74, 6) is 2.19. The maximum Gasteiger partial charge on any atom is 0.232 e. The molecule has 23 heavy (non-hydrogen) atoms. The van der Waals surface area contributed by atoms with Gasteiger partial charge in [0.15, 0.2) is 5.82 Å². The zero-order valence-electron chi connectivity index (χ0n) is 13.4. The largest absolute Gasteiger partial charge is 0.342 e. The van der Waals surface area contributed by atoms with Crippen LogP contribution < -0.4 is 0 Å². The van der Waals surface area contributed by atoms with Crippen LogP contribution >= 0.6 is 0 Å². The van der Waals surface area contributed by atoms with Crippen LogP contribution in [0.1, 0.15) is 53.9 Å². The first-order valence-corrected chi connectivity index (χ1v) is 8.36. The molecule has 1 amide bonds. The molecule has 2 heterocycles. The lowest BCUT2D eigenvalue weighted by atomic mass is 10.1. The van der Waals surface area contributed by atoms with E-state index in [1.807, 2.05) is 4.90 Å². The standard InChI is InChI=1S/C18H21N3O2/c1-12-3-2-4-13(9-12)7-8-21-11-15(10-16(21)22)18-19-17(20-23-18)14-5-6-14/h2-4,9,14-15H,5-8,10-11H2,1H3. The Labute approximate surface area is 135 Å². The molecule has 1 aromatic heterocycles. The molecule has 0 spiro atoms. The van der Waals surface area contributed by atoms with Gasteiger partial charge in [0.05, 0.1) is 5.92 Å². The smallest absolute Gasteiger partial charge is 0.232 e. The van der Waals surface area contributed by atoms with E-state index < -0.39 is 0 Å². The van der Waals surface area contributed by atoms with Gasteiger partial charge in [-0.25, -0.2) is 0 Å². The fraction of sp³-hybridized carbons (Fsp3) is 0.500. The predicted molar refractivity (Wildman–Crippen MR) is 85.1 cm³/mol. The number of rotatable bonds is 5. The predicted octanol–water partition coefficient (Wildman–Crippen LogP) is 2.81. The molecule has 1 aromatic carbocycles. The molecule has 2 aliphatic rings. The van der Waals surface area contributed by atoms with E-state index in [2.05, 4.69) is 41.3 Å². The number of amides is 1. The molecule has 1 unspecified atom stereocenters. The summed E-state index contributed by atoms with van der Waals surface area (Å²) in [6, 6.07) is 8.45. The lowest BCUT2D eigenvalue weighted by Gasteiger charge is -2.16. The van der Waals surface area contributed by atoms with Gasteiger partial charge in [-0.1, -0.05) is 35.0 Å². The molecule has 5 heteroatoms. The Bertz CT molecular complexity index is 721. The summed E-state index contributed by atoms with van der Waals surface area (Å²) in [5, 5.41) is 4.06. The fourth-order valence-corrected chi connectivity index (χ4v) is 3.21. The van der Waals surface area contributed by atoms with E-state index in [4.69, 9.17) is 4.52 Å². The summed E-state index contributed by atoms with van der Waals surface area (Å²) in [6.07, 6.45) is 3.69. The molecule has 0 N–H and O–H groups in total. The van der Waals surface area contributed by atoms with Crippen molar-refractivity contribution in [3.05, 3.63) is 47.1 Å². The van der Waals surface area contributed by atoms with Gasteiger partial charge in [-0.3, -0.25) is 4.79 Å². The zero-order chi connectivity index (χ0) is 15.8. The van der Waals surface area contributed by atoms with Crippen molar-refractivity contribution in [2.45, 2.75) is 44.4 Å². The number of hydrogen-bond acceptors (Lipinski definition) is 4. The molecule has 1 saturated heterocycles. The third-order valence-electron chi connectivity index (χ3n) is 4.72. The molecule has 5 nitrogen and oxygen atoms in total. The molecule has 4 rings (SSSR count). The average molecular weight is 311 g/mol. The minimum atomic E-state index is 0.0556. The third kappa shape index (κ3) is 3.14. The van der Waals surface area contributed by atoms with Crippen molar-refractivity contribution in [2.75, 3.05) is 13.1 Å². The Morgan fingerprint density at radius 2 is 2.17 bits per heavy atom. The van der Waals surface area contributed by atoms with Crippen LogP contribution in [0.25, 0.3) is 0 Å². The van der Waals surface area contributed by atoms with E-state index in [0.29, 0.717) is 24.8 Å². The summed E-state index contributed by atoms with van der Waals surface area (Å²) in [5.41, 5.74) is 2.53. The van der Waals surface area contributed by atoms with Crippen molar-refractivity contribution in [1.82, 2.24) is 15.0 Å². The number of benzene rings is 1. The molecular formula is C18H21N3O2. The van der Waals surface area contributed by atoms with Crippen molar-refractivity contribution in [2.24, 2.45) is 0 Å². The van der Waals surface area contributed by atoms with E-state index in [-0.39, 0.29) is 11.8 Å². The van der Waals surface area contributed by atoms with Crippen LogP contribution in [-0.4, -0.2) is 34.0 Å².